The van der Waals surface area contributed by atoms with E-state index in [1.165, 1.54) is 13.8 Å². The molecular formula is C26H30O11. The van der Waals surface area contributed by atoms with Gasteiger partial charge in [-0.25, -0.2) is 0 Å². The van der Waals surface area contributed by atoms with E-state index in [4.69, 9.17) is 4.74 Å². The van der Waals surface area contributed by atoms with Crippen molar-refractivity contribution in [3.8, 4) is 23.0 Å². The molecule has 0 radical (unpaired) electrons. The number of hydrogen-bond donors (Lipinski definition) is 8. The molecule has 2 aliphatic rings. The smallest absolute Gasteiger partial charge is 0.198 e. The molecule has 5 atom stereocenters. The molecule has 1 fully saturated rings. The Morgan fingerprint density at radius 1 is 0.784 bits per heavy atom. The Labute approximate surface area is 211 Å². The Bertz CT molecular complexity index is 1390. The van der Waals surface area contributed by atoms with Crippen LogP contribution in [-0.4, -0.2) is 81.9 Å². The number of carbonyl (C=O) groups is 2. The molecule has 1 saturated heterocycles. The lowest BCUT2D eigenvalue weighted by Crippen LogP contribution is -2.79. The van der Waals surface area contributed by atoms with Crippen LogP contribution in [0.2, 0.25) is 0 Å². The van der Waals surface area contributed by atoms with Gasteiger partial charge in [0.05, 0.1) is 23.3 Å². The van der Waals surface area contributed by atoms with E-state index < -0.39 is 80.6 Å². The van der Waals surface area contributed by atoms with Crippen molar-refractivity contribution in [2.45, 2.75) is 70.1 Å². The number of hydrogen-bond acceptors (Lipinski definition) is 11. The molecule has 0 amide bonds. The molecule has 2 aromatic rings. The van der Waals surface area contributed by atoms with Gasteiger partial charge in [0.15, 0.2) is 23.1 Å². The number of phenolic OH excluding ortho intramolecular Hbond substituents is 4. The third-order valence-corrected chi connectivity index (χ3v) is 8.73. The quantitative estimate of drug-likeness (QED) is 0.176. The van der Waals surface area contributed by atoms with E-state index in [1.54, 1.807) is 0 Å². The topological polar surface area (TPSA) is 205 Å². The zero-order valence-corrected chi connectivity index (χ0v) is 21.2. The van der Waals surface area contributed by atoms with Gasteiger partial charge in [0.1, 0.15) is 40.0 Å². The Morgan fingerprint density at radius 2 is 1.32 bits per heavy atom. The van der Waals surface area contributed by atoms with Crippen LogP contribution in [0.5, 0.6) is 23.0 Å². The van der Waals surface area contributed by atoms with Gasteiger partial charge in [-0.05, 0) is 58.7 Å². The lowest BCUT2D eigenvalue weighted by Gasteiger charge is -2.62. The molecule has 0 aromatic heterocycles. The van der Waals surface area contributed by atoms with E-state index in [0.29, 0.717) is 5.56 Å². The maximum Gasteiger partial charge on any atom is 0.198 e. The van der Waals surface area contributed by atoms with Gasteiger partial charge in [-0.1, -0.05) is 0 Å². The summed E-state index contributed by atoms with van der Waals surface area (Å²) < 4.78 is 5.80. The van der Waals surface area contributed by atoms with E-state index in [-0.39, 0.29) is 22.4 Å². The number of fused-ring (bicyclic) bond motifs is 2. The molecule has 11 heteroatoms. The zero-order chi connectivity index (χ0) is 28.2. The van der Waals surface area contributed by atoms with Crippen molar-refractivity contribution in [3.05, 3.63) is 45.0 Å². The first-order chi connectivity index (χ1) is 16.8. The van der Waals surface area contributed by atoms with Crippen LogP contribution >= 0.6 is 0 Å². The molecule has 0 saturated carbocycles. The van der Waals surface area contributed by atoms with Crippen LogP contribution in [0, 0.1) is 13.8 Å². The average Bonchev–Trinajstić information content (AvgIpc) is 2.80. The Balaban J connectivity index is 2.09. The summed E-state index contributed by atoms with van der Waals surface area (Å²) in [5.74, 6) is -5.39. The van der Waals surface area contributed by atoms with E-state index >= 15 is 0 Å². The number of aliphatic hydroxyl groups is 4. The van der Waals surface area contributed by atoms with Crippen LogP contribution in [0.4, 0.5) is 0 Å². The maximum atomic E-state index is 13.7. The molecule has 37 heavy (non-hydrogen) atoms. The number of benzene rings is 2. The number of ketones is 2. The highest BCUT2D eigenvalue weighted by molar-refractivity contribution is 6.31. The average molecular weight is 519 g/mol. The molecule has 0 spiro atoms. The molecule has 1 aliphatic carbocycles. The minimum atomic E-state index is -2.54. The van der Waals surface area contributed by atoms with Crippen LogP contribution in [0.3, 0.4) is 0 Å². The minimum Gasteiger partial charge on any atom is -0.508 e. The second-order valence-electron chi connectivity index (χ2n) is 10.5. The Hall–Kier alpha value is -3.22. The van der Waals surface area contributed by atoms with E-state index in [9.17, 15) is 50.4 Å². The predicted octanol–water partition coefficient (Wildman–Crippen LogP) is 0.761. The summed E-state index contributed by atoms with van der Waals surface area (Å²) >= 11 is 0. The Morgan fingerprint density at radius 3 is 1.86 bits per heavy atom. The fourth-order valence-electron chi connectivity index (χ4n) is 5.54. The van der Waals surface area contributed by atoms with Gasteiger partial charge in [0.2, 0.25) is 0 Å². The lowest BCUT2D eigenvalue weighted by atomic mass is 9.59. The summed E-state index contributed by atoms with van der Waals surface area (Å²) in [6.07, 6.45) is -1.57. The molecule has 0 bridgehead atoms. The molecule has 2 aromatic carbocycles. The molecule has 2 unspecified atom stereocenters. The van der Waals surface area contributed by atoms with Crippen molar-refractivity contribution in [1.82, 2.24) is 0 Å². The van der Waals surface area contributed by atoms with Crippen LogP contribution in [0.1, 0.15) is 76.2 Å². The molecule has 200 valence electrons. The summed E-state index contributed by atoms with van der Waals surface area (Å²) in [7, 11) is 0. The van der Waals surface area contributed by atoms with Gasteiger partial charge in [-0.2, -0.15) is 0 Å². The molecule has 11 nitrogen and oxygen atoms in total. The fraction of sp³-hybridized carbons (Fsp3) is 0.462. The van der Waals surface area contributed by atoms with Crippen molar-refractivity contribution in [2.24, 2.45) is 0 Å². The minimum absolute atomic E-state index is 0.135. The highest BCUT2D eigenvalue weighted by Gasteiger charge is 2.71. The summed E-state index contributed by atoms with van der Waals surface area (Å²) in [6.45, 7) is 6.50. The zero-order valence-electron chi connectivity index (χ0n) is 21.2. The van der Waals surface area contributed by atoms with Crippen LogP contribution < -0.4 is 0 Å². The molecule has 1 aliphatic heterocycles. The van der Waals surface area contributed by atoms with Crippen molar-refractivity contribution in [2.75, 3.05) is 6.61 Å². The van der Waals surface area contributed by atoms with Gasteiger partial charge < -0.3 is 45.6 Å². The van der Waals surface area contributed by atoms with Crippen LogP contribution in [0.25, 0.3) is 0 Å². The third-order valence-electron chi connectivity index (χ3n) is 8.73. The third kappa shape index (κ3) is 2.94. The number of carbonyl (C=O) groups excluding carboxylic acids is 2. The number of phenols is 4. The standard InChI is InChI=1S/C26H30O11/c1-9-10(2)14-11(7-12(9)28)18(29)15-16(19(14)30)20(31)17(22(33)21(15)32)24(4)26(6,36)25(5,35)23(3,34)13(8-27)37-24/h7,13,27-28,31-36H,8H2,1-6H3/t13?,23-,24-,25-,26?/m1/s1. The van der Waals surface area contributed by atoms with E-state index in [1.807, 2.05) is 0 Å². The normalized spacial score (nSPS) is 33.3. The number of aromatic hydroxyl groups is 4. The summed E-state index contributed by atoms with van der Waals surface area (Å²) in [6, 6.07) is 1.06. The predicted molar refractivity (Wildman–Crippen MR) is 127 cm³/mol. The first kappa shape index (κ1) is 26.8. The van der Waals surface area contributed by atoms with Crippen molar-refractivity contribution in [1.29, 1.82) is 0 Å². The van der Waals surface area contributed by atoms with Gasteiger partial charge in [0, 0.05) is 11.1 Å². The molecule has 8 N–H and O–H groups in total. The number of ether oxygens (including phenoxy) is 1. The second kappa shape index (κ2) is 7.65. The van der Waals surface area contributed by atoms with Crippen molar-refractivity contribution < 1.29 is 55.2 Å². The highest BCUT2D eigenvalue weighted by Crippen LogP contribution is 2.60. The molecule has 1 heterocycles. The molecule has 4 rings (SSSR count). The van der Waals surface area contributed by atoms with Crippen molar-refractivity contribution in [3.63, 3.8) is 0 Å². The second-order valence-corrected chi connectivity index (χ2v) is 10.5. The monoisotopic (exact) mass is 518 g/mol. The lowest BCUT2D eigenvalue weighted by molar-refractivity contribution is -0.378. The van der Waals surface area contributed by atoms with E-state index in [2.05, 4.69) is 0 Å². The van der Waals surface area contributed by atoms with Crippen LogP contribution in [-0.2, 0) is 10.3 Å². The number of aliphatic hydroxyl groups excluding tert-OH is 1. The first-order valence-electron chi connectivity index (χ1n) is 11.5. The number of rotatable bonds is 2. The van der Waals surface area contributed by atoms with Gasteiger partial charge in [-0.3, -0.25) is 9.59 Å². The maximum absolute atomic E-state index is 13.7. The summed E-state index contributed by atoms with van der Waals surface area (Å²) in [4.78, 5) is 27.0. The summed E-state index contributed by atoms with van der Waals surface area (Å²) in [5, 5.41) is 87.2. The largest absolute Gasteiger partial charge is 0.508 e. The highest BCUT2D eigenvalue weighted by atomic mass is 16.6. The van der Waals surface area contributed by atoms with Crippen LogP contribution in [0.15, 0.2) is 6.07 Å². The Kier molecular flexibility index (Phi) is 5.55. The molecular weight excluding hydrogens is 488 g/mol. The van der Waals surface area contributed by atoms with Gasteiger partial charge in [-0.15, -0.1) is 0 Å². The summed E-state index contributed by atoms with van der Waals surface area (Å²) in [5.41, 5.74) is -11.6. The van der Waals surface area contributed by atoms with E-state index in [0.717, 1.165) is 33.8 Å². The van der Waals surface area contributed by atoms with Crippen molar-refractivity contribution >= 4 is 11.6 Å². The first-order valence-corrected chi connectivity index (χ1v) is 11.5. The van der Waals surface area contributed by atoms with Gasteiger partial charge >= 0.3 is 0 Å². The SMILES string of the molecule is Cc1c(O)cc2c(c1C)C(=O)c1c(O)c([C@@]3(C)OC(CO)[C@@](C)(O)[C@@](C)(O)C3(C)O)c(O)c(O)c1C2=O. The fourth-order valence-corrected chi connectivity index (χ4v) is 5.54. The van der Waals surface area contributed by atoms with Gasteiger partial charge in [0.25, 0.3) is 0 Å².